The summed E-state index contributed by atoms with van der Waals surface area (Å²) in [6, 6.07) is 9.52. The summed E-state index contributed by atoms with van der Waals surface area (Å²) in [5.41, 5.74) is 2.34. The van der Waals surface area contributed by atoms with Gasteiger partial charge in [0.05, 0.1) is 0 Å². The topological polar surface area (TPSA) is 84.0 Å². The Bertz CT molecular complexity index is 926. The number of ether oxygens (including phenoxy) is 1. The Morgan fingerprint density at radius 3 is 2.85 bits per heavy atom. The first-order valence-electron chi connectivity index (χ1n) is 9.05. The number of hydrogen-bond donors (Lipinski definition) is 1. The number of aromatic amines is 1. The summed E-state index contributed by atoms with van der Waals surface area (Å²) in [5.74, 6) is 1.31. The van der Waals surface area contributed by atoms with Crippen LogP contribution in [0.2, 0.25) is 0 Å². The molecule has 7 nitrogen and oxygen atoms in total. The molecular weight excluding hydrogens is 342 g/mol. The summed E-state index contributed by atoms with van der Waals surface area (Å²) < 4.78 is 6.07. The fourth-order valence-corrected chi connectivity index (χ4v) is 3.40. The van der Waals surface area contributed by atoms with Crippen molar-refractivity contribution in [3.8, 4) is 11.6 Å². The lowest BCUT2D eigenvalue weighted by Gasteiger charge is -2.32. The Kier molecular flexibility index (Phi) is 4.82. The minimum Gasteiger partial charge on any atom is -0.437 e. The Morgan fingerprint density at radius 2 is 2.04 bits per heavy atom. The zero-order chi connectivity index (χ0) is 18.6. The zero-order valence-electron chi connectivity index (χ0n) is 15.1. The smallest absolute Gasteiger partial charge is 0.271 e. The van der Waals surface area contributed by atoms with Gasteiger partial charge in [0.25, 0.3) is 5.91 Å². The molecule has 0 saturated carbocycles. The molecule has 0 unspecified atom stereocenters. The van der Waals surface area contributed by atoms with Crippen LogP contribution in [0.25, 0.3) is 0 Å². The van der Waals surface area contributed by atoms with Gasteiger partial charge in [0.2, 0.25) is 5.88 Å². The van der Waals surface area contributed by atoms with Gasteiger partial charge >= 0.3 is 0 Å². The third kappa shape index (κ3) is 3.67. The minimum absolute atomic E-state index is 0.0394. The van der Waals surface area contributed by atoms with Crippen molar-refractivity contribution >= 4 is 5.91 Å². The number of aryl methyl sites for hydroxylation is 1. The lowest BCUT2D eigenvalue weighted by Crippen LogP contribution is -2.39. The van der Waals surface area contributed by atoms with E-state index in [1.54, 1.807) is 24.7 Å². The molecule has 0 bridgehead atoms. The number of amides is 1. The molecule has 2 aromatic heterocycles. The maximum atomic E-state index is 12.6. The molecule has 7 heteroatoms. The SMILES string of the molecule is Cc1ccccc1Oc1nccnc1[C@@H]1CCCN(C(=O)c2ccn[nH]2)C1. The molecule has 138 valence electrons. The highest BCUT2D eigenvalue weighted by Crippen LogP contribution is 2.33. The van der Waals surface area contributed by atoms with Gasteiger partial charge in [-0.25, -0.2) is 4.98 Å². The van der Waals surface area contributed by atoms with Crippen LogP contribution in [0.5, 0.6) is 11.6 Å². The van der Waals surface area contributed by atoms with Crippen LogP contribution < -0.4 is 4.74 Å². The van der Waals surface area contributed by atoms with Crippen molar-refractivity contribution in [1.29, 1.82) is 0 Å². The van der Waals surface area contributed by atoms with Gasteiger partial charge in [-0.3, -0.25) is 14.9 Å². The van der Waals surface area contributed by atoms with E-state index in [0.29, 0.717) is 18.1 Å². The molecule has 1 aromatic carbocycles. The number of likely N-dealkylation sites (tertiary alicyclic amines) is 1. The van der Waals surface area contributed by atoms with Crippen molar-refractivity contribution in [2.24, 2.45) is 0 Å². The monoisotopic (exact) mass is 363 g/mol. The summed E-state index contributed by atoms with van der Waals surface area (Å²) in [6.45, 7) is 3.31. The molecule has 1 atom stereocenters. The molecule has 3 aromatic rings. The highest BCUT2D eigenvalue weighted by molar-refractivity contribution is 5.92. The van der Waals surface area contributed by atoms with E-state index in [4.69, 9.17) is 4.74 Å². The maximum absolute atomic E-state index is 12.6. The van der Waals surface area contributed by atoms with Crippen LogP contribution in [0.15, 0.2) is 48.9 Å². The van der Waals surface area contributed by atoms with E-state index < -0.39 is 0 Å². The van der Waals surface area contributed by atoms with Crippen molar-refractivity contribution in [1.82, 2.24) is 25.1 Å². The number of aromatic nitrogens is 4. The van der Waals surface area contributed by atoms with Crippen molar-refractivity contribution in [2.45, 2.75) is 25.7 Å². The molecule has 3 heterocycles. The van der Waals surface area contributed by atoms with Gasteiger partial charge in [-0.15, -0.1) is 0 Å². The van der Waals surface area contributed by atoms with Crippen LogP contribution in [-0.2, 0) is 0 Å². The number of rotatable bonds is 4. The number of H-pyrrole nitrogens is 1. The normalized spacial score (nSPS) is 16.9. The van der Waals surface area contributed by atoms with Crippen LogP contribution in [-0.4, -0.2) is 44.1 Å². The van der Waals surface area contributed by atoms with Crippen LogP contribution in [0.3, 0.4) is 0 Å². The first kappa shape index (κ1) is 17.2. The summed E-state index contributed by atoms with van der Waals surface area (Å²) in [4.78, 5) is 23.4. The maximum Gasteiger partial charge on any atom is 0.271 e. The van der Waals surface area contributed by atoms with Crippen LogP contribution >= 0.6 is 0 Å². The summed E-state index contributed by atoms with van der Waals surface area (Å²) in [7, 11) is 0. The predicted molar refractivity (Wildman–Crippen MR) is 99.8 cm³/mol. The summed E-state index contributed by atoms with van der Waals surface area (Å²) >= 11 is 0. The van der Waals surface area contributed by atoms with Crippen LogP contribution in [0, 0.1) is 6.92 Å². The third-order valence-corrected chi connectivity index (χ3v) is 4.82. The van der Waals surface area contributed by atoms with E-state index in [-0.39, 0.29) is 11.8 Å². The predicted octanol–water partition coefficient (Wildman–Crippen LogP) is 3.32. The zero-order valence-corrected chi connectivity index (χ0v) is 15.1. The molecule has 1 aliphatic rings. The second-order valence-corrected chi connectivity index (χ2v) is 6.67. The standard InChI is InChI=1S/C20H21N5O2/c1-14-5-2-3-7-17(14)27-19-18(21-10-11-22-19)15-6-4-12-25(13-15)20(26)16-8-9-23-24-16/h2-3,5,7-11,15H,4,6,12-13H2,1H3,(H,23,24)/t15-/m1/s1. The summed E-state index contributed by atoms with van der Waals surface area (Å²) in [5, 5.41) is 6.61. The van der Waals surface area contributed by atoms with E-state index >= 15 is 0 Å². The van der Waals surface area contributed by atoms with Gasteiger partial charge in [-0.05, 0) is 37.5 Å². The van der Waals surface area contributed by atoms with E-state index in [0.717, 1.165) is 36.4 Å². The Morgan fingerprint density at radius 1 is 1.19 bits per heavy atom. The first-order chi connectivity index (χ1) is 13.2. The van der Waals surface area contributed by atoms with E-state index in [9.17, 15) is 4.79 Å². The molecule has 1 N–H and O–H groups in total. The Balaban J connectivity index is 1.56. The molecule has 0 radical (unpaired) electrons. The minimum atomic E-state index is -0.0394. The number of piperidine rings is 1. The lowest BCUT2D eigenvalue weighted by molar-refractivity contribution is 0.0698. The second kappa shape index (κ2) is 7.57. The molecule has 0 spiro atoms. The van der Waals surface area contributed by atoms with Gasteiger partial charge in [0.15, 0.2) is 0 Å². The van der Waals surface area contributed by atoms with Crippen molar-refractivity contribution < 1.29 is 9.53 Å². The number of hydrogen-bond acceptors (Lipinski definition) is 5. The van der Waals surface area contributed by atoms with Crippen molar-refractivity contribution in [2.75, 3.05) is 13.1 Å². The molecule has 1 fully saturated rings. The molecule has 0 aliphatic carbocycles. The van der Waals surface area contributed by atoms with E-state index in [1.807, 2.05) is 36.1 Å². The molecule has 1 amide bonds. The van der Waals surface area contributed by atoms with Crippen molar-refractivity contribution in [3.63, 3.8) is 0 Å². The number of carbonyl (C=O) groups excluding carboxylic acids is 1. The highest BCUT2D eigenvalue weighted by atomic mass is 16.5. The Hall–Kier alpha value is -3.22. The molecular formula is C20H21N5O2. The number of nitrogens with zero attached hydrogens (tertiary/aromatic N) is 4. The quantitative estimate of drug-likeness (QED) is 0.769. The third-order valence-electron chi connectivity index (χ3n) is 4.82. The fourth-order valence-electron chi connectivity index (χ4n) is 3.40. The first-order valence-corrected chi connectivity index (χ1v) is 9.05. The largest absolute Gasteiger partial charge is 0.437 e. The van der Waals surface area contributed by atoms with Crippen LogP contribution in [0.1, 0.15) is 40.5 Å². The number of para-hydroxylation sites is 1. The average molecular weight is 363 g/mol. The summed E-state index contributed by atoms with van der Waals surface area (Å²) in [6.07, 6.45) is 6.75. The molecule has 1 saturated heterocycles. The lowest BCUT2D eigenvalue weighted by atomic mass is 9.94. The molecule has 1 aliphatic heterocycles. The Labute approximate surface area is 157 Å². The van der Waals surface area contributed by atoms with Gasteiger partial charge in [0.1, 0.15) is 17.1 Å². The fraction of sp³-hybridized carbons (Fsp3) is 0.300. The highest BCUT2D eigenvalue weighted by Gasteiger charge is 2.29. The number of carbonyl (C=O) groups is 1. The average Bonchev–Trinajstić information content (AvgIpc) is 3.24. The second-order valence-electron chi connectivity index (χ2n) is 6.67. The van der Waals surface area contributed by atoms with Gasteiger partial charge < -0.3 is 9.64 Å². The molecule has 27 heavy (non-hydrogen) atoms. The molecule has 4 rings (SSSR count). The number of benzene rings is 1. The van der Waals surface area contributed by atoms with Gasteiger partial charge in [-0.1, -0.05) is 18.2 Å². The van der Waals surface area contributed by atoms with Gasteiger partial charge in [0, 0.05) is 37.6 Å². The number of nitrogens with one attached hydrogen (secondary N) is 1. The van der Waals surface area contributed by atoms with E-state index in [1.165, 1.54) is 0 Å². The van der Waals surface area contributed by atoms with Gasteiger partial charge in [-0.2, -0.15) is 5.10 Å². The van der Waals surface area contributed by atoms with E-state index in [2.05, 4.69) is 20.2 Å². The van der Waals surface area contributed by atoms with Crippen LogP contribution in [0.4, 0.5) is 0 Å². The van der Waals surface area contributed by atoms with Crippen molar-refractivity contribution in [3.05, 3.63) is 65.9 Å².